The number of nitrogens with two attached hydrogens (primary N) is 1. The van der Waals surface area contributed by atoms with Gasteiger partial charge in [0.2, 0.25) is 0 Å². The maximum absolute atomic E-state index is 5.82. The van der Waals surface area contributed by atoms with Gasteiger partial charge in [0.25, 0.3) is 0 Å². The Labute approximate surface area is 112 Å². The summed E-state index contributed by atoms with van der Waals surface area (Å²) in [7, 11) is 0. The first kappa shape index (κ1) is 12.1. The van der Waals surface area contributed by atoms with Crippen molar-refractivity contribution in [3.05, 3.63) is 39.7 Å². The first-order chi connectivity index (χ1) is 8.09. The van der Waals surface area contributed by atoms with Gasteiger partial charge < -0.3 is 11.1 Å². The van der Waals surface area contributed by atoms with Gasteiger partial charge in [-0.05, 0) is 34.5 Å². The smallest absolute Gasteiger partial charge is 0.158 e. The minimum Gasteiger partial charge on any atom is -0.393 e. The third kappa shape index (κ3) is 2.50. The second kappa shape index (κ2) is 4.89. The molecule has 1 aromatic heterocycles. The van der Waals surface area contributed by atoms with E-state index < -0.39 is 0 Å². The Morgan fingerprint density at radius 3 is 2.88 bits per heavy atom. The van der Waals surface area contributed by atoms with Crippen LogP contribution in [0.2, 0.25) is 5.15 Å². The number of aryl methyl sites for hydroxylation is 1. The number of benzene rings is 1. The van der Waals surface area contributed by atoms with Crippen LogP contribution in [0.3, 0.4) is 0 Å². The van der Waals surface area contributed by atoms with E-state index in [1.54, 1.807) is 0 Å². The van der Waals surface area contributed by atoms with Crippen LogP contribution in [0.15, 0.2) is 29.0 Å². The van der Waals surface area contributed by atoms with Gasteiger partial charge in [0.1, 0.15) is 12.0 Å². The lowest BCUT2D eigenvalue weighted by Crippen LogP contribution is -2.01. The monoisotopic (exact) mass is 312 g/mol. The number of anilines is 3. The van der Waals surface area contributed by atoms with Crippen molar-refractivity contribution >= 4 is 44.7 Å². The van der Waals surface area contributed by atoms with E-state index in [1.165, 1.54) is 6.33 Å². The van der Waals surface area contributed by atoms with E-state index in [0.29, 0.717) is 11.5 Å². The normalized spacial score (nSPS) is 10.3. The predicted octanol–water partition coefficient (Wildman–Crippen LogP) is 3.53. The summed E-state index contributed by atoms with van der Waals surface area (Å²) in [4.78, 5) is 7.85. The van der Waals surface area contributed by atoms with E-state index >= 15 is 0 Å². The van der Waals surface area contributed by atoms with Gasteiger partial charge in [0.05, 0.1) is 5.69 Å². The van der Waals surface area contributed by atoms with Crippen LogP contribution in [0.4, 0.5) is 17.2 Å². The van der Waals surface area contributed by atoms with Gasteiger partial charge >= 0.3 is 0 Å². The molecule has 17 heavy (non-hydrogen) atoms. The summed E-state index contributed by atoms with van der Waals surface area (Å²) in [5.74, 6) is 0.497. The van der Waals surface area contributed by atoms with Gasteiger partial charge in [0.15, 0.2) is 11.0 Å². The average molecular weight is 314 g/mol. The number of halogens is 2. The Morgan fingerprint density at radius 2 is 2.12 bits per heavy atom. The van der Waals surface area contributed by atoms with Gasteiger partial charge in [-0.1, -0.05) is 23.7 Å². The molecule has 4 nitrogen and oxygen atoms in total. The van der Waals surface area contributed by atoms with Gasteiger partial charge in [0, 0.05) is 4.47 Å². The van der Waals surface area contributed by atoms with Crippen molar-refractivity contribution in [2.45, 2.75) is 6.92 Å². The summed E-state index contributed by atoms with van der Waals surface area (Å²) >= 11 is 9.32. The van der Waals surface area contributed by atoms with E-state index in [0.717, 1.165) is 15.7 Å². The summed E-state index contributed by atoms with van der Waals surface area (Å²) in [5.41, 5.74) is 8.12. The van der Waals surface area contributed by atoms with Crippen molar-refractivity contribution in [1.82, 2.24) is 9.97 Å². The number of nitrogens with zero attached hydrogens (tertiary/aromatic N) is 2. The van der Waals surface area contributed by atoms with Crippen LogP contribution >= 0.6 is 27.5 Å². The van der Waals surface area contributed by atoms with E-state index in [2.05, 4.69) is 31.2 Å². The minimum absolute atomic E-state index is 0.242. The lowest BCUT2D eigenvalue weighted by molar-refractivity contribution is 1.17. The Kier molecular flexibility index (Phi) is 3.49. The number of nitrogens with one attached hydrogen (secondary N) is 1. The minimum atomic E-state index is 0.242. The second-order valence-corrected chi connectivity index (χ2v) is 4.64. The van der Waals surface area contributed by atoms with Crippen molar-refractivity contribution in [1.29, 1.82) is 0 Å². The van der Waals surface area contributed by atoms with Crippen LogP contribution in [0.25, 0.3) is 0 Å². The Bertz CT molecular complexity index is 510. The van der Waals surface area contributed by atoms with Crippen molar-refractivity contribution in [2.24, 2.45) is 0 Å². The van der Waals surface area contributed by atoms with E-state index in [1.807, 2.05) is 25.1 Å². The third-order valence-electron chi connectivity index (χ3n) is 2.28. The number of nitrogen functional groups attached to an aromatic ring is 1. The molecule has 0 unspecified atom stereocenters. The summed E-state index contributed by atoms with van der Waals surface area (Å²) < 4.78 is 0.967. The second-order valence-electron chi connectivity index (χ2n) is 3.49. The molecule has 0 aliphatic rings. The van der Waals surface area contributed by atoms with Gasteiger partial charge in [-0.15, -0.1) is 0 Å². The molecular weight excluding hydrogens is 304 g/mol. The van der Waals surface area contributed by atoms with E-state index in [-0.39, 0.29) is 5.15 Å². The predicted molar refractivity (Wildman–Crippen MR) is 73.6 cm³/mol. The lowest BCUT2D eigenvalue weighted by Gasteiger charge is -2.11. The molecule has 0 radical (unpaired) electrons. The molecule has 1 aromatic carbocycles. The molecule has 0 bridgehead atoms. The van der Waals surface area contributed by atoms with E-state index in [4.69, 9.17) is 17.3 Å². The molecule has 0 spiro atoms. The number of aromatic nitrogens is 2. The molecule has 0 aliphatic carbocycles. The van der Waals surface area contributed by atoms with Crippen molar-refractivity contribution in [3.8, 4) is 0 Å². The van der Waals surface area contributed by atoms with Crippen molar-refractivity contribution in [3.63, 3.8) is 0 Å². The highest BCUT2D eigenvalue weighted by molar-refractivity contribution is 9.10. The Hall–Kier alpha value is -1.33. The molecule has 2 rings (SSSR count). The molecule has 0 saturated heterocycles. The van der Waals surface area contributed by atoms with Gasteiger partial charge in [-0.2, -0.15) is 0 Å². The number of hydrogen-bond acceptors (Lipinski definition) is 4. The molecule has 0 saturated carbocycles. The van der Waals surface area contributed by atoms with Crippen LogP contribution in [0.5, 0.6) is 0 Å². The first-order valence-corrected chi connectivity index (χ1v) is 6.05. The molecule has 2 aromatic rings. The average Bonchev–Trinajstić information content (AvgIpc) is 2.31. The standard InChI is InChI=1S/C11H10BrClN4/c1-6-3-2-4-7(8(6)12)17-11-9(14)10(13)15-5-16-11/h2-5H,14H2,1H3,(H,15,16,17). The summed E-state index contributed by atoms with van der Waals surface area (Å²) in [6.07, 6.45) is 1.37. The molecule has 88 valence electrons. The zero-order valence-electron chi connectivity index (χ0n) is 9.04. The first-order valence-electron chi connectivity index (χ1n) is 4.87. The molecule has 1 heterocycles. The van der Waals surface area contributed by atoms with Crippen molar-refractivity contribution < 1.29 is 0 Å². The summed E-state index contributed by atoms with van der Waals surface area (Å²) in [6, 6.07) is 5.87. The van der Waals surface area contributed by atoms with Crippen LogP contribution in [0, 0.1) is 6.92 Å². The highest BCUT2D eigenvalue weighted by Gasteiger charge is 2.08. The molecular formula is C11H10BrClN4. The SMILES string of the molecule is Cc1cccc(Nc2ncnc(Cl)c2N)c1Br. The van der Waals surface area contributed by atoms with E-state index in [9.17, 15) is 0 Å². The summed E-state index contributed by atoms with van der Waals surface area (Å²) in [6.45, 7) is 2.01. The highest BCUT2D eigenvalue weighted by Crippen LogP contribution is 2.31. The van der Waals surface area contributed by atoms with Crippen LogP contribution in [-0.2, 0) is 0 Å². The molecule has 0 fully saturated rings. The molecule has 0 amide bonds. The van der Waals surface area contributed by atoms with Gasteiger partial charge in [-0.3, -0.25) is 0 Å². The Balaban J connectivity index is 2.38. The van der Waals surface area contributed by atoms with Crippen LogP contribution in [-0.4, -0.2) is 9.97 Å². The fourth-order valence-electron chi connectivity index (χ4n) is 1.35. The zero-order chi connectivity index (χ0) is 12.4. The molecule has 3 N–H and O–H groups in total. The maximum Gasteiger partial charge on any atom is 0.158 e. The molecule has 0 aliphatic heterocycles. The van der Waals surface area contributed by atoms with Crippen LogP contribution in [0.1, 0.15) is 5.56 Å². The summed E-state index contributed by atoms with van der Waals surface area (Å²) in [5, 5.41) is 3.36. The largest absolute Gasteiger partial charge is 0.393 e. The highest BCUT2D eigenvalue weighted by atomic mass is 79.9. The lowest BCUT2D eigenvalue weighted by atomic mass is 10.2. The maximum atomic E-state index is 5.82. The number of rotatable bonds is 2. The Morgan fingerprint density at radius 1 is 1.35 bits per heavy atom. The van der Waals surface area contributed by atoms with Crippen molar-refractivity contribution in [2.75, 3.05) is 11.1 Å². The van der Waals surface area contributed by atoms with Gasteiger partial charge in [-0.25, -0.2) is 9.97 Å². The topological polar surface area (TPSA) is 63.8 Å². The fraction of sp³-hybridized carbons (Fsp3) is 0.0909. The number of hydrogen-bond donors (Lipinski definition) is 2. The van der Waals surface area contributed by atoms with Crippen LogP contribution < -0.4 is 11.1 Å². The molecule has 0 atom stereocenters. The fourth-order valence-corrected chi connectivity index (χ4v) is 1.84. The third-order valence-corrected chi connectivity index (χ3v) is 3.63. The quantitative estimate of drug-likeness (QED) is 0.833. The molecule has 6 heteroatoms. The zero-order valence-corrected chi connectivity index (χ0v) is 11.4.